The Bertz CT molecular complexity index is 2930. The third-order valence-electron chi connectivity index (χ3n) is 7.83. The van der Waals surface area contributed by atoms with Crippen molar-refractivity contribution in [3.63, 3.8) is 0 Å². The zero-order valence-corrected chi connectivity index (χ0v) is 28.4. The van der Waals surface area contributed by atoms with Gasteiger partial charge in [0.1, 0.15) is 6.54 Å². The predicted molar refractivity (Wildman–Crippen MR) is 198 cm³/mol. The standard InChI is InChI=1S/C41H40F5N3O3S/c1-27-6-15-36-34(22-27)37(50)23-39(53-26-31-4-3-5-35(42)40(31)43)49(36)25-38(51)48(33-16-18-47(19-17-33)20-21-52-2)24-28-7-9-29(10-8-28)30-11-13-32(14-12-30)41(44,45)46/h3-15,22-23,33H,16-21,24-26H2,1-2H3/i2D3,6D,15D,16D2,17D2,18D2,19D2,22D,23D,26D2,33D. The van der Waals surface area contributed by atoms with Gasteiger partial charge in [-0.25, -0.2) is 8.78 Å². The summed E-state index contributed by atoms with van der Waals surface area (Å²) in [5.41, 5.74) is -7.23. The number of fused-ring (bicyclic) bond motifs is 1. The average Bonchev–Trinajstić information content (AvgIpc) is 3.27. The third kappa shape index (κ3) is 9.17. The molecular weight excluding hydrogens is 710 g/mol. The number of alkyl halides is 3. The normalized spacial score (nSPS) is 24.0. The van der Waals surface area contributed by atoms with E-state index < -0.39 is 151 Å². The molecule has 1 aromatic heterocycles. The molecule has 6 rings (SSSR count). The summed E-state index contributed by atoms with van der Waals surface area (Å²) >= 11 is -0.179. The fourth-order valence-corrected chi connectivity index (χ4v) is 5.91. The number of ether oxygens (including phenoxy) is 1. The molecule has 0 radical (unpaired) electrons. The van der Waals surface area contributed by atoms with Gasteiger partial charge in [0.25, 0.3) is 0 Å². The summed E-state index contributed by atoms with van der Waals surface area (Å²) in [4.78, 5) is 29.4. The van der Waals surface area contributed by atoms with E-state index in [-0.39, 0.29) is 43.8 Å². The molecule has 12 heteroatoms. The Labute approximate surface area is 334 Å². The van der Waals surface area contributed by atoms with Gasteiger partial charge in [0, 0.05) is 75.5 Å². The Kier molecular flexibility index (Phi) is 6.72. The van der Waals surface area contributed by atoms with Gasteiger partial charge in [-0.3, -0.25) is 9.59 Å². The Morgan fingerprint density at radius 1 is 1.06 bits per heavy atom. The molecule has 1 amide bonds. The van der Waals surface area contributed by atoms with Gasteiger partial charge in [-0.2, -0.15) is 13.2 Å². The van der Waals surface area contributed by atoms with Crippen LogP contribution in [0.15, 0.2) is 101 Å². The van der Waals surface area contributed by atoms with Crippen molar-refractivity contribution in [1.29, 1.82) is 0 Å². The first-order valence-corrected chi connectivity index (χ1v) is 16.5. The molecule has 1 fully saturated rings. The molecule has 4 aromatic carbocycles. The van der Waals surface area contributed by atoms with Crippen LogP contribution in [-0.4, -0.2) is 59.5 Å². The third-order valence-corrected chi connectivity index (χ3v) is 8.67. The molecule has 5 aromatic rings. The van der Waals surface area contributed by atoms with Crippen LogP contribution in [0.5, 0.6) is 0 Å². The summed E-state index contributed by atoms with van der Waals surface area (Å²) in [6, 6.07) is 3.57. The minimum atomic E-state index is -4.67. The Morgan fingerprint density at radius 2 is 1.75 bits per heavy atom. The number of aromatic nitrogens is 1. The number of amides is 1. The van der Waals surface area contributed by atoms with Crippen molar-refractivity contribution >= 4 is 28.6 Å². The molecule has 0 spiro atoms. The number of rotatable bonds is 12. The molecule has 1 aliphatic heterocycles. The molecule has 0 atom stereocenters. The lowest BCUT2D eigenvalue weighted by atomic mass is 10.00. The van der Waals surface area contributed by atoms with Crippen molar-refractivity contribution in [2.24, 2.45) is 0 Å². The number of carbonyl (C=O) groups is 1. The first kappa shape index (κ1) is 21.4. The second-order valence-electron chi connectivity index (χ2n) is 11.4. The highest BCUT2D eigenvalue weighted by atomic mass is 32.2. The number of nitrogens with zero attached hydrogens (tertiary/aromatic N) is 3. The van der Waals surface area contributed by atoms with Crippen molar-refractivity contribution in [2.45, 2.75) is 55.7 Å². The van der Waals surface area contributed by atoms with Crippen molar-refractivity contribution in [2.75, 3.05) is 33.2 Å². The van der Waals surface area contributed by atoms with Gasteiger partial charge in [0.2, 0.25) is 5.91 Å². The van der Waals surface area contributed by atoms with Crippen LogP contribution in [0.2, 0.25) is 0 Å². The van der Waals surface area contributed by atoms with Gasteiger partial charge in [-0.15, -0.1) is 11.8 Å². The highest BCUT2D eigenvalue weighted by Crippen LogP contribution is 2.32. The largest absolute Gasteiger partial charge is 0.416 e. The van der Waals surface area contributed by atoms with Crippen LogP contribution in [0.1, 0.15) is 59.7 Å². The maximum atomic E-state index is 15.4. The molecule has 53 heavy (non-hydrogen) atoms. The van der Waals surface area contributed by atoms with Crippen LogP contribution in [0, 0.1) is 18.6 Å². The lowest BCUT2D eigenvalue weighted by Gasteiger charge is -2.39. The van der Waals surface area contributed by atoms with Gasteiger partial charge in [-0.1, -0.05) is 60.1 Å². The number of piperidine rings is 1. The van der Waals surface area contributed by atoms with Crippen LogP contribution < -0.4 is 5.43 Å². The molecule has 6 nitrogen and oxygen atoms in total. The van der Waals surface area contributed by atoms with Crippen LogP contribution in [0.3, 0.4) is 0 Å². The van der Waals surface area contributed by atoms with Crippen LogP contribution >= 0.6 is 11.8 Å². The predicted octanol–water partition coefficient (Wildman–Crippen LogP) is 8.71. The lowest BCUT2D eigenvalue weighted by molar-refractivity contribution is -0.137. The first-order valence-electron chi connectivity index (χ1n) is 24.6. The average molecular weight is 768 g/mol. The maximum absolute atomic E-state index is 15.4. The minimum absolute atomic E-state index is 0.0513. The zero-order valence-electron chi connectivity index (χ0n) is 45.5. The quantitative estimate of drug-likeness (QED) is 0.0940. The fourth-order valence-electron chi connectivity index (χ4n) is 5.14. The van der Waals surface area contributed by atoms with Crippen molar-refractivity contribution in [1.82, 2.24) is 14.4 Å². The molecule has 0 saturated carbocycles. The Balaban J connectivity index is 1.60. The number of carbonyl (C=O) groups excluding carboxylic acids is 1. The van der Waals surface area contributed by atoms with E-state index in [1.54, 1.807) is 0 Å². The van der Waals surface area contributed by atoms with Crippen molar-refractivity contribution in [3.8, 4) is 11.1 Å². The lowest BCUT2D eigenvalue weighted by Crippen LogP contribution is -2.48. The van der Waals surface area contributed by atoms with E-state index in [9.17, 15) is 29.2 Å². The van der Waals surface area contributed by atoms with E-state index in [2.05, 4.69) is 4.74 Å². The second kappa shape index (κ2) is 16.7. The Morgan fingerprint density at radius 3 is 2.43 bits per heavy atom. The zero-order chi connectivity index (χ0) is 53.6. The number of hydrogen-bond acceptors (Lipinski definition) is 5. The highest BCUT2D eigenvalue weighted by molar-refractivity contribution is 7.98. The van der Waals surface area contributed by atoms with Crippen LogP contribution in [0.25, 0.3) is 22.0 Å². The topological polar surface area (TPSA) is 54.8 Å². The minimum Gasteiger partial charge on any atom is -0.383 e. The Hall–Kier alpha value is -4.52. The molecule has 1 aliphatic rings. The van der Waals surface area contributed by atoms with E-state index in [0.717, 1.165) is 36.4 Å². The number of methoxy groups -OCH3 is 1. The first-order chi connectivity index (χ1) is 32.4. The van der Waals surface area contributed by atoms with Crippen molar-refractivity contribution < 1.29 is 56.2 Å². The number of benzene rings is 4. The molecule has 0 bridgehead atoms. The number of hydrogen-bond donors (Lipinski definition) is 0. The smallest absolute Gasteiger partial charge is 0.383 e. The molecule has 278 valence electrons. The van der Waals surface area contributed by atoms with E-state index in [1.165, 1.54) is 31.2 Å². The maximum Gasteiger partial charge on any atom is 0.416 e. The van der Waals surface area contributed by atoms with E-state index >= 15 is 9.18 Å². The van der Waals surface area contributed by atoms with Crippen LogP contribution in [-0.2, 0) is 34.5 Å². The highest BCUT2D eigenvalue weighted by Gasteiger charge is 2.31. The van der Waals surface area contributed by atoms with Gasteiger partial charge in [-0.05, 0) is 66.6 Å². The molecule has 1 saturated heterocycles. The fraction of sp³-hybridized carbons (Fsp3) is 0.317. The molecule has 0 aliphatic carbocycles. The van der Waals surface area contributed by atoms with Gasteiger partial charge >= 0.3 is 6.18 Å². The van der Waals surface area contributed by atoms with Gasteiger partial charge in [0.05, 0.1) is 33.7 Å². The summed E-state index contributed by atoms with van der Waals surface area (Å²) in [7, 11) is -3.13. The van der Waals surface area contributed by atoms with Crippen molar-refractivity contribution in [3.05, 3.63) is 135 Å². The molecule has 0 unspecified atom stereocenters. The monoisotopic (exact) mass is 767 g/mol. The summed E-state index contributed by atoms with van der Waals surface area (Å²) < 4.78 is 232. The summed E-state index contributed by atoms with van der Waals surface area (Å²) in [5.74, 6) is -4.93. The number of thioether (sulfide) groups is 1. The summed E-state index contributed by atoms with van der Waals surface area (Å²) in [6.07, 6.45) is -12.9. The van der Waals surface area contributed by atoms with Crippen LogP contribution in [0.4, 0.5) is 22.0 Å². The SMILES string of the molecule is [2H]c1c(C)c([2H])c2c(=O)c([2H])c(SC([2H])([2H])c3cccc(F)c3F)n(CC(=O)N(Cc3ccc(-c4ccc(C(F)(F)F)cc4)cc3)C3([2H])C([2H])([2H])C([2H])([2H])N(CCOC([2H])([2H])[2H])C([2H])([2H])C3([2H])[2H])c2c1[2H]. The molecule has 0 N–H and O–H groups in total. The number of pyridine rings is 1. The van der Waals surface area contributed by atoms with E-state index in [0.29, 0.717) is 10.6 Å². The van der Waals surface area contributed by atoms with Gasteiger partial charge < -0.3 is 19.1 Å². The summed E-state index contributed by atoms with van der Waals surface area (Å²) in [6.45, 7) is -11.4. The summed E-state index contributed by atoms with van der Waals surface area (Å²) in [5, 5.41) is -1.75. The van der Waals surface area contributed by atoms with E-state index in [1.807, 2.05) is 0 Å². The van der Waals surface area contributed by atoms with E-state index in [4.69, 9.17) is 17.8 Å². The number of halogens is 5. The molecule has 2 heterocycles. The number of likely N-dealkylation sites (tertiary alicyclic amines) is 1. The second-order valence-corrected chi connectivity index (χ2v) is 12.2. The van der Waals surface area contributed by atoms with Gasteiger partial charge in [0.15, 0.2) is 17.1 Å². The molecular formula is C41H40F5N3O3S.